The summed E-state index contributed by atoms with van der Waals surface area (Å²) in [7, 11) is 0. The van der Waals surface area contributed by atoms with Crippen LogP contribution in [-0.4, -0.2) is 16.5 Å². The Labute approximate surface area is 133 Å². The zero-order valence-corrected chi connectivity index (χ0v) is 14.0. The van der Waals surface area contributed by atoms with E-state index in [1.807, 2.05) is 25.1 Å². The molecule has 0 unspecified atom stereocenters. The highest BCUT2D eigenvalue weighted by Crippen LogP contribution is 2.32. The molecule has 0 spiro atoms. The normalized spacial score (nSPS) is 10.3. The molecule has 0 radical (unpaired) electrons. The first-order valence-electron chi connectivity index (χ1n) is 5.58. The molecule has 100 valence electrons. The average molecular weight is 407 g/mol. The smallest absolute Gasteiger partial charge is 0.150 e. The number of aromatic nitrogens is 2. The number of anilines is 3. The summed E-state index contributed by atoms with van der Waals surface area (Å²) in [5.41, 5.74) is 0.881. The maximum atomic E-state index is 5.92. The minimum absolute atomic E-state index is 0.674. The minimum atomic E-state index is 0.674. The van der Waals surface area contributed by atoms with Crippen LogP contribution in [0, 0.1) is 0 Å². The van der Waals surface area contributed by atoms with Crippen molar-refractivity contribution in [2.24, 2.45) is 0 Å². The average Bonchev–Trinajstić information content (AvgIpc) is 2.37. The molecule has 0 saturated carbocycles. The lowest BCUT2D eigenvalue weighted by Crippen LogP contribution is -2.04. The van der Waals surface area contributed by atoms with Gasteiger partial charge in [-0.1, -0.05) is 11.6 Å². The molecule has 7 heteroatoms. The van der Waals surface area contributed by atoms with Gasteiger partial charge in [0, 0.05) is 16.0 Å². The fourth-order valence-corrected chi connectivity index (χ4v) is 2.69. The van der Waals surface area contributed by atoms with Crippen LogP contribution in [0.1, 0.15) is 6.92 Å². The van der Waals surface area contributed by atoms with Crippen molar-refractivity contribution in [1.29, 1.82) is 0 Å². The van der Waals surface area contributed by atoms with Crippen molar-refractivity contribution < 1.29 is 0 Å². The predicted molar refractivity (Wildman–Crippen MR) is 86.3 cm³/mol. The number of nitrogens with one attached hydrogen (secondary N) is 2. The van der Waals surface area contributed by atoms with Crippen LogP contribution < -0.4 is 10.6 Å². The van der Waals surface area contributed by atoms with E-state index in [1.165, 1.54) is 6.33 Å². The highest BCUT2D eigenvalue weighted by molar-refractivity contribution is 9.11. The quantitative estimate of drug-likeness (QED) is 0.764. The van der Waals surface area contributed by atoms with E-state index < -0.39 is 0 Å². The Morgan fingerprint density at radius 2 is 1.95 bits per heavy atom. The Balaban J connectivity index is 2.30. The molecule has 1 aromatic heterocycles. The first-order chi connectivity index (χ1) is 9.11. The molecule has 0 aliphatic rings. The highest BCUT2D eigenvalue weighted by atomic mass is 79.9. The Morgan fingerprint density at radius 3 is 2.63 bits per heavy atom. The van der Waals surface area contributed by atoms with Crippen LogP contribution in [0.4, 0.5) is 17.3 Å². The van der Waals surface area contributed by atoms with Crippen molar-refractivity contribution >= 4 is 60.8 Å². The molecule has 0 amide bonds. The maximum absolute atomic E-state index is 5.92. The van der Waals surface area contributed by atoms with Gasteiger partial charge in [-0.2, -0.15) is 0 Å². The number of benzene rings is 1. The number of hydrogen-bond donors (Lipinski definition) is 2. The molecule has 2 aromatic rings. The highest BCUT2D eigenvalue weighted by Gasteiger charge is 2.09. The van der Waals surface area contributed by atoms with Gasteiger partial charge in [-0.25, -0.2) is 9.97 Å². The summed E-state index contributed by atoms with van der Waals surface area (Å²) in [6.45, 7) is 2.80. The molecule has 0 aliphatic carbocycles. The molecule has 4 nitrogen and oxygen atoms in total. The van der Waals surface area contributed by atoms with Crippen molar-refractivity contribution in [3.63, 3.8) is 0 Å². The van der Waals surface area contributed by atoms with E-state index in [0.29, 0.717) is 10.8 Å². The van der Waals surface area contributed by atoms with Crippen molar-refractivity contribution in [2.45, 2.75) is 6.92 Å². The molecule has 19 heavy (non-hydrogen) atoms. The van der Waals surface area contributed by atoms with Crippen molar-refractivity contribution in [3.8, 4) is 0 Å². The van der Waals surface area contributed by atoms with E-state index in [9.17, 15) is 0 Å². The van der Waals surface area contributed by atoms with Gasteiger partial charge in [0.2, 0.25) is 0 Å². The van der Waals surface area contributed by atoms with Crippen LogP contribution >= 0.6 is 43.5 Å². The summed E-state index contributed by atoms with van der Waals surface area (Å²) < 4.78 is 1.66. The van der Waals surface area contributed by atoms with Crippen molar-refractivity contribution in [3.05, 3.63) is 38.5 Å². The Hall–Kier alpha value is -0.850. The monoisotopic (exact) mass is 404 g/mol. The lowest BCUT2D eigenvalue weighted by Gasteiger charge is -2.12. The second-order valence-corrected chi connectivity index (χ2v) is 5.75. The van der Waals surface area contributed by atoms with Crippen LogP contribution in [0.3, 0.4) is 0 Å². The van der Waals surface area contributed by atoms with E-state index in [2.05, 4.69) is 52.5 Å². The van der Waals surface area contributed by atoms with Gasteiger partial charge >= 0.3 is 0 Å². The molecular weight excluding hydrogens is 395 g/mol. The van der Waals surface area contributed by atoms with Gasteiger partial charge in [-0.3, -0.25) is 0 Å². The maximum Gasteiger partial charge on any atom is 0.150 e. The Kier molecular flexibility index (Phi) is 5.01. The van der Waals surface area contributed by atoms with Gasteiger partial charge in [0.05, 0.1) is 5.69 Å². The lowest BCUT2D eigenvalue weighted by molar-refractivity contribution is 1.10. The molecule has 0 aliphatic heterocycles. The molecule has 1 heterocycles. The standard InChI is InChI=1S/C12H11Br2ClN4/c1-2-16-11-10(14)12(18-6-17-11)19-9-4-3-7(15)5-8(9)13/h3-6H,2H2,1H3,(H2,16,17,18,19). The largest absolute Gasteiger partial charge is 0.369 e. The van der Waals surface area contributed by atoms with E-state index in [-0.39, 0.29) is 0 Å². The summed E-state index contributed by atoms with van der Waals surface area (Å²) in [5, 5.41) is 7.05. The van der Waals surface area contributed by atoms with E-state index >= 15 is 0 Å². The third kappa shape index (κ3) is 3.58. The minimum Gasteiger partial charge on any atom is -0.369 e. The number of nitrogens with zero attached hydrogens (tertiary/aromatic N) is 2. The number of hydrogen-bond acceptors (Lipinski definition) is 4. The second kappa shape index (κ2) is 6.54. The van der Waals surface area contributed by atoms with Gasteiger partial charge < -0.3 is 10.6 Å². The molecule has 2 rings (SSSR count). The molecule has 0 bridgehead atoms. The van der Waals surface area contributed by atoms with E-state index in [0.717, 1.165) is 27.0 Å². The number of rotatable bonds is 4. The first-order valence-corrected chi connectivity index (χ1v) is 7.54. The van der Waals surface area contributed by atoms with Crippen molar-refractivity contribution in [1.82, 2.24) is 9.97 Å². The summed E-state index contributed by atoms with van der Waals surface area (Å²) in [4.78, 5) is 8.38. The van der Waals surface area contributed by atoms with Crippen LogP contribution in [0.5, 0.6) is 0 Å². The molecule has 1 aromatic carbocycles. The van der Waals surface area contributed by atoms with Crippen LogP contribution in [-0.2, 0) is 0 Å². The summed E-state index contributed by atoms with van der Waals surface area (Å²) >= 11 is 12.9. The summed E-state index contributed by atoms with van der Waals surface area (Å²) in [5.74, 6) is 1.44. The van der Waals surface area contributed by atoms with Gasteiger partial charge in [-0.05, 0) is 57.0 Å². The SMILES string of the molecule is CCNc1ncnc(Nc2ccc(Cl)cc2Br)c1Br. The molecule has 0 fully saturated rings. The van der Waals surface area contributed by atoms with Gasteiger partial charge in [0.15, 0.2) is 0 Å². The fourth-order valence-electron chi connectivity index (χ4n) is 1.47. The Morgan fingerprint density at radius 1 is 1.21 bits per heavy atom. The van der Waals surface area contributed by atoms with Gasteiger partial charge in [-0.15, -0.1) is 0 Å². The topological polar surface area (TPSA) is 49.8 Å². The zero-order chi connectivity index (χ0) is 13.8. The second-order valence-electron chi connectivity index (χ2n) is 3.66. The lowest BCUT2D eigenvalue weighted by atomic mass is 10.3. The van der Waals surface area contributed by atoms with E-state index in [4.69, 9.17) is 11.6 Å². The predicted octanol–water partition coefficient (Wildman–Crippen LogP) is 4.83. The molecule has 0 saturated heterocycles. The zero-order valence-electron chi connectivity index (χ0n) is 10.0. The number of halogens is 3. The van der Waals surface area contributed by atoms with E-state index in [1.54, 1.807) is 0 Å². The summed E-state index contributed by atoms with van der Waals surface area (Å²) in [6.07, 6.45) is 1.51. The third-order valence-corrected chi connectivity index (χ3v) is 3.96. The molecular formula is C12H11Br2ClN4. The first kappa shape index (κ1) is 14.6. The van der Waals surface area contributed by atoms with Crippen LogP contribution in [0.25, 0.3) is 0 Å². The van der Waals surface area contributed by atoms with Gasteiger partial charge in [0.1, 0.15) is 22.4 Å². The Bertz CT molecular complexity index is 592. The summed E-state index contributed by atoms with van der Waals surface area (Å²) in [6, 6.07) is 5.52. The van der Waals surface area contributed by atoms with Gasteiger partial charge in [0.25, 0.3) is 0 Å². The molecule has 2 N–H and O–H groups in total. The van der Waals surface area contributed by atoms with Crippen LogP contribution in [0.2, 0.25) is 5.02 Å². The fraction of sp³-hybridized carbons (Fsp3) is 0.167. The molecule has 0 atom stereocenters. The van der Waals surface area contributed by atoms with Crippen LogP contribution in [0.15, 0.2) is 33.5 Å². The third-order valence-electron chi connectivity index (χ3n) is 2.32. The van der Waals surface area contributed by atoms with Crippen molar-refractivity contribution in [2.75, 3.05) is 17.2 Å².